The van der Waals surface area contributed by atoms with E-state index in [1.165, 1.54) is 11.3 Å². The number of amides is 2. The van der Waals surface area contributed by atoms with Crippen LogP contribution in [0.4, 0.5) is 9.93 Å². The van der Waals surface area contributed by atoms with Crippen LogP contribution in [-0.2, 0) is 6.54 Å². The zero-order valence-electron chi connectivity index (χ0n) is 8.91. The number of rotatable bonds is 4. The van der Waals surface area contributed by atoms with E-state index in [-0.39, 0.29) is 6.03 Å². The Morgan fingerprint density at radius 3 is 2.93 bits per heavy atom. The molecule has 1 aromatic rings. The topological polar surface area (TPSA) is 80.0 Å². The average Bonchev–Trinajstić information content (AvgIpc) is 2.62. The van der Waals surface area contributed by atoms with E-state index in [1.54, 1.807) is 0 Å². The van der Waals surface area contributed by atoms with E-state index in [0.717, 1.165) is 5.69 Å². The quantitative estimate of drug-likeness (QED) is 0.728. The lowest BCUT2D eigenvalue weighted by Gasteiger charge is -2.07. The highest BCUT2D eigenvalue weighted by Crippen LogP contribution is 2.14. The van der Waals surface area contributed by atoms with Crippen molar-refractivity contribution in [2.45, 2.75) is 20.4 Å². The van der Waals surface area contributed by atoms with Gasteiger partial charge in [0, 0.05) is 18.5 Å². The average molecular weight is 228 g/mol. The molecule has 84 valence electrons. The van der Waals surface area contributed by atoms with Crippen molar-refractivity contribution in [3.63, 3.8) is 0 Å². The third-order valence-corrected chi connectivity index (χ3v) is 2.46. The second-order valence-electron chi connectivity index (χ2n) is 3.58. The minimum Gasteiger partial charge on any atom is -0.338 e. The molecule has 0 aliphatic heterocycles. The number of hydrogen-bond donors (Lipinski definition) is 3. The molecule has 15 heavy (non-hydrogen) atoms. The second kappa shape index (κ2) is 5.67. The van der Waals surface area contributed by atoms with E-state index < -0.39 is 0 Å². The van der Waals surface area contributed by atoms with Gasteiger partial charge in [0.25, 0.3) is 0 Å². The Kier molecular flexibility index (Phi) is 4.51. The van der Waals surface area contributed by atoms with Crippen molar-refractivity contribution in [2.75, 3.05) is 11.9 Å². The van der Waals surface area contributed by atoms with Crippen LogP contribution in [0.3, 0.4) is 0 Å². The molecule has 0 aliphatic carbocycles. The standard InChI is InChI=1S/C9H16N4OS/c1-6(2)4-11-8(14)13-9-12-7(3-10)5-15-9/h5-6H,3-4,10H2,1-2H3,(H2,11,12,13,14). The van der Waals surface area contributed by atoms with E-state index in [1.807, 2.05) is 19.2 Å². The molecule has 0 radical (unpaired) electrons. The molecule has 0 aliphatic rings. The van der Waals surface area contributed by atoms with Crippen LogP contribution in [0.25, 0.3) is 0 Å². The van der Waals surface area contributed by atoms with E-state index in [0.29, 0.717) is 24.1 Å². The Hall–Kier alpha value is -1.14. The third kappa shape index (κ3) is 4.26. The molecule has 0 saturated carbocycles. The van der Waals surface area contributed by atoms with Crippen molar-refractivity contribution in [3.8, 4) is 0 Å². The zero-order valence-corrected chi connectivity index (χ0v) is 9.73. The van der Waals surface area contributed by atoms with E-state index in [4.69, 9.17) is 5.73 Å². The second-order valence-corrected chi connectivity index (χ2v) is 4.44. The highest BCUT2D eigenvalue weighted by atomic mass is 32.1. The van der Waals surface area contributed by atoms with Crippen LogP contribution in [0, 0.1) is 5.92 Å². The van der Waals surface area contributed by atoms with Crippen molar-refractivity contribution in [3.05, 3.63) is 11.1 Å². The van der Waals surface area contributed by atoms with Crippen molar-refractivity contribution in [1.82, 2.24) is 10.3 Å². The van der Waals surface area contributed by atoms with Gasteiger partial charge in [-0.2, -0.15) is 0 Å². The smallest absolute Gasteiger partial charge is 0.321 e. The minimum absolute atomic E-state index is 0.221. The molecular formula is C9H16N4OS. The van der Waals surface area contributed by atoms with Crippen molar-refractivity contribution in [1.29, 1.82) is 0 Å². The van der Waals surface area contributed by atoms with Crippen molar-refractivity contribution >= 4 is 22.5 Å². The Morgan fingerprint density at radius 2 is 2.40 bits per heavy atom. The Balaban J connectivity index is 2.37. The fourth-order valence-corrected chi connectivity index (χ4v) is 1.61. The van der Waals surface area contributed by atoms with Crippen LogP contribution in [-0.4, -0.2) is 17.6 Å². The first-order chi connectivity index (χ1) is 7.11. The summed E-state index contributed by atoms with van der Waals surface area (Å²) in [4.78, 5) is 15.4. The van der Waals surface area contributed by atoms with Gasteiger partial charge in [0.1, 0.15) is 0 Å². The molecule has 0 aromatic carbocycles. The van der Waals surface area contributed by atoms with E-state index in [9.17, 15) is 4.79 Å². The molecule has 1 aromatic heterocycles. The molecule has 0 unspecified atom stereocenters. The number of urea groups is 1. The van der Waals surface area contributed by atoms with Gasteiger partial charge in [-0.05, 0) is 5.92 Å². The molecular weight excluding hydrogens is 212 g/mol. The van der Waals surface area contributed by atoms with E-state index in [2.05, 4.69) is 15.6 Å². The van der Waals surface area contributed by atoms with Crippen LogP contribution in [0.1, 0.15) is 19.5 Å². The monoisotopic (exact) mass is 228 g/mol. The van der Waals surface area contributed by atoms with Gasteiger partial charge in [-0.1, -0.05) is 13.8 Å². The summed E-state index contributed by atoms with van der Waals surface area (Å²) in [6, 6.07) is -0.221. The van der Waals surface area contributed by atoms with Gasteiger partial charge in [-0.25, -0.2) is 9.78 Å². The number of nitrogens with one attached hydrogen (secondary N) is 2. The first-order valence-electron chi connectivity index (χ1n) is 4.81. The maximum absolute atomic E-state index is 11.3. The lowest BCUT2D eigenvalue weighted by molar-refractivity contribution is 0.251. The van der Waals surface area contributed by atoms with Crippen LogP contribution in [0.2, 0.25) is 0 Å². The van der Waals surface area contributed by atoms with Gasteiger partial charge in [-0.15, -0.1) is 11.3 Å². The third-order valence-electron chi connectivity index (χ3n) is 1.65. The number of hydrogen-bond acceptors (Lipinski definition) is 4. The number of nitrogens with two attached hydrogens (primary N) is 1. The summed E-state index contributed by atoms with van der Waals surface area (Å²) in [7, 11) is 0. The van der Waals surface area contributed by atoms with Gasteiger partial charge in [0.15, 0.2) is 5.13 Å². The summed E-state index contributed by atoms with van der Waals surface area (Å²) in [6.45, 7) is 5.12. The first-order valence-corrected chi connectivity index (χ1v) is 5.69. The van der Waals surface area contributed by atoms with Crippen molar-refractivity contribution < 1.29 is 4.79 Å². The summed E-state index contributed by atoms with van der Waals surface area (Å²) < 4.78 is 0. The molecule has 5 nitrogen and oxygen atoms in total. The Morgan fingerprint density at radius 1 is 1.67 bits per heavy atom. The number of anilines is 1. The number of nitrogens with zero attached hydrogens (tertiary/aromatic N) is 1. The predicted molar refractivity (Wildman–Crippen MR) is 61.9 cm³/mol. The molecule has 4 N–H and O–H groups in total. The van der Waals surface area contributed by atoms with Crippen molar-refractivity contribution in [2.24, 2.45) is 11.7 Å². The highest BCUT2D eigenvalue weighted by molar-refractivity contribution is 7.13. The zero-order chi connectivity index (χ0) is 11.3. The van der Waals surface area contributed by atoms with Gasteiger partial charge >= 0.3 is 6.03 Å². The predicted octanol–water partition coefficient (Wildman–Crippen LogP) is 1.38. The molecule has 2 amide bonds. The highest BCUT2D eigenvalue weighted by Gasteiger charge is 2.05. The lowest BCUT2D eigenvalue weighted by Crippen LogP contribution is -2.31. The molecule has 0 bridgehead atoms. The number of carbonyl (C=O) groups is 1. The van der Waals surface area contributed by atoms with Gasteiger partial charge in [0.05, 0.1) is 5.69 Å². The fourth-order valence-electron chi connectivity index (χ4n) is 0.896. The van der Waals surface area contributed by atoms with Gasteiger partial charge in [-0.3, -0.25) is 5.32 Å². The fraction of sp³-hybridized carbons (Fsp3) is 0.556. The molecule has 0 saturated heterocycles. The van der Waals surface area contributed by atoms with Crippen LogP contribution < -0.4 is 16.4 Å². The Labute approximate surface area is 93.1 Å². The Bertz CT molecular complexity index is 324. The van der Waals surface area contributed by atoms with E-state index >= 15 is 0 Å². The van der Waals surface area contributed by atoms with Crippen LogP contribution in [0.5, 0.6) is 0 Å². The number of thiazole rings is 1. The van der Waals surface area contributed by atoms with Gasteiger partial charge in [0.2, 0.25) is 0 Å². The summed E-state index contributed by atoms with van der Waals surface area (Å²) in [5.74, 6) is 0.437. The molecule has 1 rings (SSSR count). The molecule has 0 spiro atoms. The minimum atomic E-state index is -0.221. The maximum Gasteiger partial charge on any atom is 0.321 e. The largest absolute Gasteiger partial charge is 0.338 e. The number of carbonyl (C=O) groups excluding carboxylic acids is 1. The SMILES string of the molecule is CC(C)CNC(=O)Nc1nc(CN)cs1. The lowest BCUT2D eigenvalue weighted by atomic mass is 10.2. The summed E-state index contributed by atoms with van der Waals surface area (Å²) >= 11 is 1.37. The van der Waals surface area contributed by atoms with Crippen LogP contribution in [0.15, 0.2) is 5.38 Å². The maximum atomic E-state index is 11.3. The summed E-state index contributed by atoms with van der Waals surface area (Å²) in [5.41, 5.74) is 6.20. The number of aromatic nitrogens is 1. The summed E-state index contributed by atoms with van der Waals surface area (Å²) in [6.07, 6.45) is 0. The summed E-state index contributed by atoms with van der Waals surface area (Å²) in [5, 5.41) is 7.81. The molecule has 6 heteroatoms. The van der Waals surface area contributed by atoms with Gasteiger partial charge < -0.3 is 11.1 Å². The molecule has 0 fully saturated rings. The molecule has 1 heterocycles. The first kappa shape index (κ1) is 11.9. The normalized spacial score (nSPS) is 10.4. The van der Waals surface area contributed by atoms with Crippen LogP contribution >= 0.6 is 11.3 Å². The molecule has 0 atom stereocenters.